The largest absolute Gasteiger partial charge is 0.493 e. The molecule has 1 aromatic heterocycles. The van der Waals surface area contributed by atoms with Gasteiger partial charge in [0.2, 0.25) is 0 Å². The zero-order chi connectivity index (χ0) is 15.4. The van der Waals surface area contributed by atoms with Crippen LogP contribution in [0.2, 0.25) is 0 Å². The van der Waals surface area contributed by atoms with E-state index in [0.717, 1.165) is 19.8 Å². The van der Waals surface area contributed by atoms with Crippen LogP contribution in [0.1, 0.15) is 20.1 Å². The van der Waals surface area contributed by atoms with Gasteiger partial charge >= 0.3 is 0 Å². The predicted octanol–water partition coefficient (Wildman–Crippen LogP) is 4.73. The molecule has 2 aromatic rings. The summed E-state index contributed by atoms with van der Waals surface area (Å²) in [5.74, 6) is 1.26. The number of carbonyl (C=O) groups excluding carboxylic acids is 1. The van der Waals surface area contributed by atoms with E-state index in [1.165, 1.54) is 11.3 Å². The van der Waals surface area contributed by atoms with Crippen molar-refractivity contribution in [1.82, 2.24) is 0 Å². The first-order valence-electron chi connectivity index (χ1n) is 6.25. The van der Waals surface area contributed by atoms with Crippen molar-refractivity contribution in [2.24, 2.45) is 0 Å². The molecule has 2 rings (SSSR count). The molecule has 0 atom stereocenters. The van der Waals surface area contributed by atoms with Gasteiger partial charge in [0.15, 0.2) is 17.3 Å². The number of halogens is 1. The lowest BCUT2D eigenvalue weighted by Gasteiger charge is -2.09. The normalized spacial score (nSPS) is 10.9. The Morgan fingerprint density at radius 1 is 1.19 bits per heavy atom. The fourth-order valence-electron chi connectivity index (χ4n) is 1.81. The van der Waals surface area contributed by atoms with Gasteiger partial charge in [0, 0.05) is 9.35 Å². The Labute approximate surface area is 136 Å². The van der Waals surface area contributed by atoms with Crippen LogP contribution in [-0.4, -0.2) is 20.0 Å². The molecule has 1 heterocycles. The Bertz CT molecular complexity index is 689. The van der Waals surface area contributed by atoms with E-state index in [-0.39, 0.29) is 5.78 Å². The van der Waals surface area contributed by atoms with Crippen LogP contribution < -0.4 is 9.47 Å². The van der Waals surface area contributed by atoms with Gasteiger partial charge in [-0.3, -0.25) is 4.79 Å². The van der Waals surface area contributed by atoms with Gasteiger partial charge in [-0.25, -0.2) is 0 Å². The summed E-state index contributed by atoms with van der Waals surface area (Å²) in [6, 6.07) is 7.43. The van der Waals surface area contributed by atoms with Crippen molar-refractivity contribution >= 4 is 39.1 Å². The van der Waals surface area contributed by atoms with Gasteiger partial charge in [-0.15, -0.1) is 11.3 Å². The third kappa shape index (κ3) is 3.74. The molecular weight excluding hydrogens is 352 g/mol. The predicted molar refractivity (Wildman–Crippen MR) is 89.7 cm³/mol. The maximum Gasteiger partial charge on any atom is 0.195 e. The van der Waals surface area contributed by atoms with E-state index in [1.54, 1.807) is 26.4 Å². The van der Waals surface area contributed by atoms with Crippen LogP contribution in [0.25, 0.3) is 6.08 Å². The Morgan fingerprint density at radius 2 is 1.86 bits per heavy atom. The fourth-order valence-corrected chi connectivity index (χ4v) is 3.05. The lowest BCUT2D eigenvalue weighted by atomic mass is 10.1. The Morgan fingerprint density at radius 3 is 2.43 bits per heavy atom. The van der Waals surface area contributed by atoms with Crippen LogP contribution in [0, 0.1) is 6.92 Å². The highest BCUT2D eigenvalue weighted by molar-refractivity contribution is 9.10. The van der Waals surface area contributed by atoms with E-state index in [1.807, 2.05) is 31.2 Å². The van der Waals surface area contributed by atoms with E-state index in [4.69, 9.17) is 9.47 Å². The van der Waals surface area contributed by atoms with E-state index < -0.39 is 0 Å². The Hall–Kier alpha value is -1.59. The number of hydrogen-bond donors (Lipinski definition) is 0. The first-order valence-corrected chi connectivity index (χ1v) is 7.86. The topological polar surface area (TPSA) is 35.5 Å². The molecule has 0 unspecified atom stereocenters. The molecule has 0 amide bonds. The summed E-state index contributed by atoms with van der Waals surface area (Å²) in [5, 5.41) is 0. The fraction of sp³-hybridized carbons (Fsp3) is 0.188. The molecule has 110 valence electrons. The highest BCUT2D eigenvalue weighted by Crippen LogP contribution is 2.34. The van der Waals surface area contributed by atoms with Crippen molar-refractivity contribution in [2.75, 3.05) is 14.2 Å². The number of rotatable bonds is 5. The zero-order valence-corrected chi connectivity index (χ0v) is 14.4. The molecule has 0 aliphatic rings. The van der Waals surface area contributed by atoms with Gasteiger partial charge in [0.1, 0.15) is 0 Å². The summed E-state index contributed by atoms with van der Waals surface area (Å²) in [5.41, 5.74) is 0.856. The van der Waals surface area contributed by atoms with Crippen LogP contribution in [0.3, 0.4) is 0 Å². The second-order valence-corrected chi connectivity index (χ2v) is 6.48. The van der Waals surface area contributed by atoms with Crippen LogP contribution in [0.4, 0.5) is 0 Å². The molecule has 0 saturated carbocycles. The highest BCUT2D eigenvalue weighted by Gasteiger charge is 2.09. The first kappa shape index (κ1) is 15.8. The van der Waals surface area contributed by atoms with Crippen molar-refractivity contribution in [3.05, 3.63) is 50.1 Å². The van der Waals surface area contributed by atoms with E-state index >= 15 is 0 Å². The van der Waals surface area contributed by atoms with Gasteiger partial charge in [-0.2, -0.15) is 0 Å². The number of allylic oxidation sites excluding steroid dienone is 1. The van der Waals surface area contributed by atoms with Crippen molar-refractivity contribution in [1.29, 1.82) is 0 Å². The van der Waals surface area contributed by atoms with Crippen LogP contribution >= 0.6 is 27.3 Å². The molecule has 0 bridgehead atoms. The average molecular weight is 367 g/mol. The molecule has 3 nitrogen and oxygen atoms in total. The number of ketones is 1. The van der Waals surface area contributed by atoms with Gasteiger partial charge in [0.25, 0.3) is 0 Å². The number of methoxy groups -OCH3 is 2. The second-order valence-electron chi connectivity index (χ2n) is 4.34. The van der Waals surface area contributed by atoms with Crippen LogP contribution in [0.5, 0.6) is 11.5 Å². The lowest BCUT2D eigenvalue weighted by molar-refractivity contribution is 0.105. The third-order valence-corrected chi connectivity index (χ3v) is 4.60. The SMILES string of the molecule is COc1cc(Br)c(/C=C/C(=O)c2ccc(C)s2)cc1OC. The quantitative estimate of drug-likeness (QED) is 0.566. The summed E-state index contributed by atoms with van der Waals surface area (Å²) in [6.07, 6.45) is 3.33. The molecule has 1 aromatic carbocycles. The van der Waals surface area contributed by atoms with E-state index in [2.05, 4.69) is 15.9 Å². The average Bonchev–Trinajstić information content (AvgIpc) is 2.91. The summed E-state index contributed by atoms with van der Waals surface area (Å²) >= 11 is 4.96. The minimum atomic E-state index is -0.00483. The maximum absolute atomic E-state index is 12.1. The number of ether oxygens (including phenoxy) is 2. The van der Waals surface area contributed by atoms with Gasteiger partial charge in [-0.1, -0.05) is 15.9 Å². The maximum atomic E-state index is 12.1. The third-order valence-electron chi connectivity index (χ3n) is 2.90. The minimum absolute atomic E-state index is 0.00483. The number of benzene rings is 1. The van der Waals surface area contributed by atoms with E-state index in [9.17, 15) is 4.79 Å². The summed E-state index contributed by atoms with van der Waals surface area (Å²) in [4.78, 5) is 13.9. The molecule has 0 saturated heterocycles. The van der Waals surface area contributed by atoms with Crippen LogP contribution in [0.15, 0.2) is 34.8 Å². The van der Waals surface area contributed by atoms with Crippen LogP contribution in [-0.2, 0) is 0 Å². The van der Waals surface area contributed by atoms with Crippen molar-refractivity contribution < 1.29 is 14.3 Å². The van der Waals surface area contributed by atoms with E-state index in [0.29, 0.717) is 11.5 Å². The summed E-state index contributed by atoms with van der Waals surface area (Å²) in [6.45, 7) is 1.98. The first-order chi connectivity index (χ1) is 10.0. The summed E-state index contributed by atoms with van der Waals surface area (Å²) < 4.78 is 11.3. The zero-order valence-electron chi connectivity index (χ0n) is 12.0. The molecule has 5 heteroatoms. The Balaban J connectivity index is 2.26. The second kappa shape index (κ2) is 6.91. The number of aryl methyl sites for hydroxylation is 1. The van der Waals surface area contributed by atoms with Crippen molar-refractivity contribution in [3.63, 3.8) is 0 Å². The molecule has 0 aliphatic heterocycles. The van der Waals surface area contributed by atoms with Crippen molar-refractivity contribution in [3.8, 4) is 11.5 Å². The van der Waals surface area contributed by atoms with Gasteiger partial charge in [-0.05, 0) is 48.9 Å². The molecule has 0 aliphatic carbocycles. The standard InChI is InChI=1S/C16H15BrO3S/c1-10-4-7-16(21-10)13(18)6-5-11-8-14(19-2)15(20-3)9-12(11)17/h4-9H,1-3H3/b6-5+. The molecule has 0 fully saturated rings. The summed E-state index contributed by atoms with van der Waals surface area (Å²) in [7, 11) is 3.17. The van der Waals surface area contributed by atoms with Crippen molar-refractivity contribution in [2.45, 2.75) is 6.92 Å². The van der Waals surface area contributed by atoms with Gasteiger partial charge < -0.3 is 9.47 Å². The molecule has 0 N–H and O–H groups in total. The Kier molecular flexibility index (Phi) is 5.20. The monoisotopic (exact) mass is 366 g/mol. The number of hydrogen-bond acceptors (Lipinski definition) is 4. The number of carbonyl (C=O) groups is 1. The molecular formula is C16H15BrO3S. The molecule has 21 heavy (non-hydrogen) atoms. The lowest BCUT2D eigenvalue weighted by Crippen LogP contribution is -1.93. The number of thiophene rings is 1. The highest BCUT2D eigenvalue weighted by atomic mass is 79.9. The van der Waals surface area contributed by atoms with Gasteiger partial charge in [0.05, 0.1) is 19.1 Å². The molecule has 0 radical (unpaired) electrons. The molecule has 0 spiro atoms. The smallest absolute Gasteiger partial charge is 0.195 e. The minimum Gasteiger partial charge on any atom is -0.493 e.